The van der Waals surface area contributed by atoms with Crippen LogP contribution in [0.4, 0.5) is 0 Å². The van der Waals surface area contributed by atoms with E-state index in [2.05, 4.69) is 0 Å². The standard InChI is InChI=1S/C25H29N3O3S2/c1-27(2)23(29)17-11-9-16(10-12-17)15-32-25-26-22-21(19-7-3-4-8-20(19)33-22)24(30)28(25)14-18-6-5-13-31-18/h9-12,18H,3-8,13-15H2,1-2H3. The molecule has 0 saturated carbocycles. The minimum atomic E-state index is -0.00612. The van der Waals surface area contributed by atoms with Crippen LogP contribution < -0.4 is 5.56 Å². The number of carbonyl (C=O) groups excluding carboxylic acids is 1. The lowest BCUT2D eigenvalue weighted by atomic mass is 9.97. The number of rotatable bonds is 6. The summed E-state index contributed by atoms with van der Waals surface area (Å²) < 4.78 is 7.72. The van der Waals surface area contributed by atoms with Gasteiger partial charge >= 0.3 is 0 Å². The summed E-state index contributed by atoms with van der Waals surface area (Å²) in [7, 11) is 3.51. The molecular weight excluding hydrogens is 454 g/mol. The van der Waals surface area contributed by atoms with Crippen molar-refractivity contribution < 1.29 is 9.53 Å². The third-order valence-corrected chi connectivity index (χ3v) is 8.66. The zero-order valence-electron chi connectivity index (χ0n) is 19.1. The second-order valence-electron chi connectivity index (χ2n) is 9.02. The number of fused-ring (bicyclic) bond motifs is 3. The predicted octanol–water partition coefficient (Wildman–Crippen LogP) is 4.51. The molecule has 1 aliphatic carbocycles. The maximum atomic E-state index is 13.7. The molecule has 1 saturated heterocycles. The Bertz CT molecular complexity index is 1220. The van der Waals surface area contributed by atoms with Crippen LogP contribution in [0.3, 0.4) is 0 Å². The predicted molar refractivity (Wildman–Crippen MR) is 134 cm³/mol. The first-order chi connectivity index (χ1) is 16.0. The number of nitrogens with zero attached hydrogens (tertiary/aromatic N) is 3. The van der Waals surface area contributed by atoms with E-state index in [9.17, 15) is 9.59 Å². The number of aryl methyl sites for hydroxylation is 2. The number of hydrogen-bond donors (Lipinski definition) is 0. The Labute approximate surface area is 202 Å². The van der Waals surface area contributed by atoms with Gasteiger partial charge in [-0.1, -0.05) is 23.9 Å². The van der Waals surface area contributed by atoms with E-state index in [-0.39, 0.29) is 17.6 Å². The lowest BCUT2D eigenvalue weighted by Crippen LogP contribution is -2.29. The summed E-state index contributed by atoms with van der Waals surface area (Å²) in [5, 5.41) is 1.60. The first-order valence-corrected chi connectivity index (χ1v) is 13.4. The first kappa shape index (κ1) is 22.6. The molecule has 33 heavy (non-hydrogen) atoms. The van der Waals surface area contributed by atoms with Crippen LogP contribution in [0, 0.1) is 0 Å². The fraction of sp³-hybridized carbons (Fsp3) is 0.480. The van der Waals surface area contributed by atoms with Gasteiger partial charge in [-0.05, 0) is 61.8 Å². The van der Waals surface area contributed by atoms with E-state index in [0.29, 0.717) is 17.9 Å². The van der Waals surface area contributed by atoms with Crippen molar-refractivity contribution in [3.05, 3.63) is 56.2 Å². The van der Waals surface area contributed by atoms with Gasteiger partial charge in [0.1, 0.15) is 4.83 Å². The zero-order valence-corrected chi connectivity index (χ0v) is 20.8. The number of carbonyl (C=O) groups is 1. The van der Waals surface area contributed by atoms with E-state index in [4.69, 9.17) is 9.72 Å². The molecule has 1 amide bonds. The zero-order chi connectivity index (χ0) is 22.9. The second-order valence-corrected chi connectivity index (χ2v) is 11.0. The minimum absolute atomic E-state index is 0.00612. The van der Waals surface area contributed by atoms with Crippen LogP contribution in [0.25, 0.3) is 10.2 Å². The maximum Gasteiger partial charge on any atom is 0.263 e. The molecule has 1 atom stereocenters. The van der Waals surface area contributed by atoms with Crippen LogP contribution in [0.5, 0.6) is 0 Å². The number of aromatic nitrogens is 2. The number of thioether (sulfide) groups is 1. The van der Waals surface area contributed by atoms with Crippen molar-refractivity contribution in [1.82, 2.24) is 14.5 Å². The number of ether oxygens (including phenoxy) is 1. The highest BCUT2D eigenvalue weighted by Gasteiger charge is 2.25. The van der Waals surface area contributed by atoms with Crippen LogP contribution >= 0.6 is 23.1 Å². The molecule has 0 N–H and O–H groups in total. The van der Waals surface area contributed by atoms with Crippen molar-refractivity contribution in [3.63, 3.8) is 0 Å². The quantitative estimate of drug-likeness (QED) is 0.381. The highest BCUT2D eigenvalue weighted by atomic mass is 32.2. The van der Waals surface area contributed by atoms with Crippen molar-refractivity contribution >= 4 is 39.2 Å². The summed E-state index contributed by atoms with van der Waals surface area (Å²) in [6, 6.07) is 7.69. The van der Waals surface area contributed by atoms with Crippen LogP contribution in [0.2, 0.25) is 0 Å². The largest absolute Gasteiger partial charge is 0.376 e. The van der Waals surface area contributed by atoms with Gasteiger partial charge in [-0.2, -0.15) is 0 Å². The minimum Gasteiger partial charge on any atom is -0.376 e. The summed E-state index contributed by atoms with van der Waals surface area (Å²) >= 11 is 3.28. The van der Waals surface area contributed by atoms with E-state index >= 15 is 0 Å². The highest BCUT2D eigenvalue weighted by Crippen LogP contribution is 2.35. The van der Waals surface area contributed by atoms with E-state index in [1.165, 1.54) is 16.9 Å². The van der Waals surface area contributed by atoms with Crippen molar-refractivity contribution in [1.29, 1.82) is 0 Å². The first-order valence-electron chi connectivity index (χ1n) is 11.6. The molecule has 174 valence electrons. The third kappa shape index (κ3) is 4.61. The molecule has 0 radical (unpaired) electrons. The van der Waals surface area contributed by atoms with Crippen molar-refractivity contribution in [2.75, 3.05) is 20.7 Å². The lowest BCUT2D eigenvalue weighted by Gasteiger charge is -2.16. The molecule has 1 aliphatic heterocycles. The normalized spacial score (nSPS) is 17.9. The smallest absolute Gasteiger partial charge is 0.263 e. The summed E-state index contributed by atoms with van der Waals surface area (Å²) in [5.41, 5.74) is 3.09. The topological polar surface area (TPSA) is 64.4 Å². The number of amides is 1. The Morgan fingerprint density at radius 3 is 2.73 bits per heavy atom. The van der Waals surface area contributed by atoms with Gasteiger partial charge < -0.3 is 9.64 Å². The Hall–Kier alpha value is -2.16. The SMILES string of the molecule is CN(C)C(=O)c1ccc(CSc2nc3sc4c(c3c(=O)n2CC2CCCO2)CCCC4)cc1. The lowest BCUT2D eigenvalue weighted by molar-refractivity contribution is 0.0827. The highest BCUT2D eigenvalue weighted by molar-refractivity contribution is 7.98. The number of benzene rings is 1. The van der Waals surface area contributed by atoms with Crippen LogP contribution in [-0.4, -0.2) is 47.2 Å². The fourth-order valence-corrected chi connectivity index (χ4v) is 6.90. The summed E-state index contributed by atoms with van der Waals surface area (Å²) in [6.07, 6.45) is 6.48. The van der Waals surface area contributed by atoms with Crippen molar-refractivity contribution in [2.24, 2.45) is 0 Å². The molecule has 1 aromatic carbocycles. The summed E-state index contributed by atoms with van der Waals surface area (Å²) in [5.74, 6) is 0.679. The average Bonchev–Trinajstić information content (AvgIpc) is 3.47. The molecule has 2 aromatic heterocycles. The summed E-state index contributed by atoms with van der Waals surface area (Å²) in [6.45, 7) is 1.33. The fourth-order valence-electron chi connectivity index (χ4n) is 4.63. The Morgan fingerprint density at radius 1 is 1.21 bits per heavy atom. The molecule has 2 aliphatic rings. The van der Waals surface area contributed by atoms with E-state index < -0.39 is 0 Å². The molecular formula is C25H29N3O3S2. The van der Waals surface area contributed by atoms with E-state index in [0.717, 1.165) is 59.6 Å². The molecule has 3 aromatic rings. The van der Waals surface area contributed by atoms with Crippen LogP contribution in [0.1, 0.15) is 52.0 Å². The molecule has 0 bridgehead atoms. The van der Waals surface area contributed by atoms with Gasteiger partial charge in [-0.3, -0.25) is 14.2 Å². The van der Waals surface area contributed by atoms with Gasteiger partial charge in [0.15, 0.2) is 5.16 Å². The monoisotopic (exact) mass is 483 g/mol. The Kier molecular flexibility index (Phi) is 6.58. The molecule has 8 heteroatoms. The van der Waals surface area contributed by atoms with Gasteiger partial charge in [0.25, 0.3) is 11.5 Å². The molecule has 5 rings (SSSR count). The maximum absolute atomic E-state index is 13.7. The molecule has 6 nitrogen and oxygen atoms in total. The molecule has 0 spiro atoms. The average molecular weight is 484 g/mol. The van der Waals surface area contributed by atoms with Crippen LogP contribution in [-0.2, 0) is 29.9 Å². The molecule has 1 fully saturated rings. The van der Waals surface area contributed by atoms with Gasteiger partial charge in [-0.25, -0.2) is 4.98 Å². The number of hydrogen-bond acceptors (Lipinski definition) is 6. The van der Waals surface area contributed by atoms with E-state index in [1.54, 1.807) is 42.1 Å². The molecule has 3 heterocycles. The van der Waals surface area contributed by atoms with Crippen LogP contribution in [0.15, 0.2) is 34.2 Å². The second kappa shape index (κ2) is 9.60. The van der Waals surface area contributed by atoms with Gasteiger partial charge in [0, 0.05) is 36.9 Å². The van der Waals surface area contributed by atoms with Gasteiger partial charge in [-0.15, -0.1) is 11.3 Å². The van der Waals surface area contributed by atoms with Crippen molar-refractivity contribution in [2.45, 2.75) is 62.1 Å². The Balaban J connectivity index is 1.45. The molecule has 1 unspecified atom stereocenters. The number of thiophene rings is 1. The van der Waals surface area contributed by atoms with Gasteiger partial charge in [0.2, 0.25) is 0 Å². The third-order valence-electron chi connectivity index (χ3n) is 6.43. The summed E-state index contributed by atoms with van der Waals surface area (Å²) in [4.78, 5) is 34.6. The van der Waals surface area contributed by atoms with Crippen molar-refractivity contribution in [3.8, 4) is 0 Å². The Morgan fingerprint density at radius 2 is 2.00 bits per heavy atom. The van der Waals surface area contributed by atoms with E-state index in [1.807, 2.05) is 28.8 Å². The van der Waals surface area contributed by atoms with Gasteiger partial charge in [0.05, 0.1) is 18.0 Å².